The van der Waals surface area contributed by atoms with E-state index in [9.17, 15) is 9.18 Å². The van der Waals surface area contributed by atoms with E-state index in [0.717, 1.165) is 0 Å². The van der Waals surface area contributed by atoms with Gasteiger partial charge >= 0.3 is 5.97 Å². The average Bonchev–Trinajstić information content (AvgIpc) is 1.63. The van der Waals surface area contributed by atoms with Crippen LogP contribution in [-0.4, -0.2) is 11.1 Å². The molecule has 0 bridgehead atoms. The molecule has 1 atom stereocenters. The molecule has 52 valence electrons. The van der Waals surface area contributed by atoms with Crippen molar-refractivity contribution in [3.8, 4) is 0 Å². The third kappa shape index (κ3) is 3.70. The highest BCUT2D eigenvalue weighted by Crippen LogP contribution is 2.09. The number of aliphatic carboxylic acids is 1. The maximum absolute atomic E-state index is 11.9. The lowest BCUT2D eigenvalue weighted by atomic mass is 10.1. The fourth-order valence-corrected chi connectivity index (χ4v) is 0.420. The molecule has 1 unspecified atom stereocenters. The zero-order chi connectivity index (χ0) is 7.44. The van der Waals surface area contributed by atoms with Gasteiger partial charge in [-0.25, -0.2) is 4.39 Å². The van der Waals surface area contributed by atoms with Crippen LogP contribution < -0.4 is 0 Å². The summed E-state index contributed by atoms with van der Waals surface area (Å²) in [7, 11) is 0. The van der Waals surface area contributed by atoms with Crippen molar-refractivity contribution in [2.75, 3.05) is 0 Å². The van der Waals surface area contributed by atoms with Crippen LogP contribution in [0.3, 0.4) is 0 Å². The van der Waals surface area contributed by atoms with Gasteiger partial charge in [-0.1, -0.05) is 13.5 Å². The Labute approximate surface area is 53.0 Å². The zero-order valence-corrected chi connectivity index (χ0v) is 5.22. The minimum atomic E-state index is -0.992. The standard InChI is InChI=1S/C6H9FO2/c1-4(6(8)9)3-5(2)7/h4H,2-3H2,1H3,(H,8,9). The molecule has 0 amide bonds. The van der Waals surface area contributed by atoms with Gasteiger partial charge in [0.15, 0.2) is 0 Å². The van der Waals surface area contributed by atoms with Crippen molar-refractivity contribution < 1.29 is 14.3 Å². The van der Waals surface area contributed by atoms with Gasteiger partial charge in [0, 0.05) is 6.42 Å². The maximum atomic E-state index is 11.9. The van der Waals surface area contributed by atoms with E-state index in [-0.39, 0.29) is 6.42 Å². The second kappa shape index (κ2) is 3.22. The largest absolute Gasteiger partial charge is 0.481 e. The molecule has 0 aromatic rings. The van der Waals surface area contributed by atoms with Crippen LogP contribution >= 0.6 is 0 Å². The second-order valence-electron chi connectivity index (χ2n) is 1.96. The second-order valence-corrected chi connectivity index (χ2v) is 1.96. The van der Waals surface area contributed by atoms with E-state index in [1.54, 1.807) is 0 Å². The SMILES string of the molecule is C=C(F)CC(C)C(=O)O. The van der Waals surface area contributed by atoms with Crippen molar-refractivity contribution in [1.29, 1.82) is 0 Å². The third-order valence-electron chi connectivity index (χ3n) is 0.949. The van der Waals surface area contributed by atoms with E-state index in [2.05, 4.69) is 6.58 Å². The van der Waals surface area contributed by atoms with E-state index in [1.165, 1.54) is 6.92 Å². The first-order valence-corrected chi connectivity index (χ1v) is 2.60. The molecular weight excluding hydrogens is 123 g/mol. The van der Waals surface area contributed by atoms with Crippen molar-refractivity contribution in [2.45, 2.75) is 13.3 Å². The first-order valence-electron chi connectivity index (χ1n) is 2.60. The molecule has 0 aromatic heterocycles. The van der Waals surface area contributed by atoms with Crippen LogP contribution in [0.4, 0.5) is 4.39 Å². The topological polar surface area (TPSA) is 37.3 Å². The average molecular weight is 132 g/mol. The lowest BCUT2D eigenvalue weighted by Gasteiger charge is -2.00. The molecule has 0 rings (SSSR count). The predicted octanol–water partition coefficient (Wildman–Crippen LogP) is 1.58. The number of carbonyl (C=O) groups is 1. The molecular formula is C6H9FO2. The summed E-state index contributed by atoms with van der Waals surface area (Å²) >= 11 is 0. The Morgan fingerprint density at radius 3 is 2.44 bits per heavy atom. The summed E-state index contributed by atoms with van der Waals surface area (Å²) in [5.74, 6) is -2.23. The van der Waals surface area contributed by atoms with Gasteiger partial charge in [0.05, 0.1) is 11.7 Å². The Morgan fingerprint density at radius 2 is 2.33 bits per heavy atom. The Balaban J connectivity index is 3.63. The van der Waals surface area contributed by atoms with Crippen molar-refractivity contribution in [3.05, 3.63) is 12.4 Å². The van der Waals surface area contributed by atoms with Gasteiger partial charge in [0.1, 0.15) is 0 Å². The monoisotopic (exact) mass is 132 g/mol. The molecule has 0 heterocycles. The van der Waals surface area contributed by atoms with Crippen LogP contribution in [0.2, 0.25) is 0 Å². The maximum Gasteiger partial charge on any atom is 0.306 e. The molecule has 0 spiro atoms. The molecule has 1 N–H and O–H groups in total. The molecule has 9 heavy (non-hydrogen) atoms. The summed E-state index contributed by atoms with van der Waals surface area (Å²) in [5, 5.41) is 8.22. The van der Waals surface area contributed by atoms with Crippen LogP contribution in [0.1, 0.15) is 13.3 Å². The van der Waals surface area contributed by atoms with E-state index < -0.39 is 17.7 Å². The number of allylic oxidation sites excluding steroid dienone is 1. The highest BCUT2D eigenvalue weighted by Gasteiger charge is 2.11. The molecule has 0 aliphatic rings. The quantitative estimate of drug-likeness (QED) is 0.633. The summed E-state index contributed by atoms with van der Waals surface area (Å²) in [6.45, 7) is 4.39. The van der Waals surface area contributed by atoms with Gasteiger partial charge in [0.25, 0.3) is 0 Å². The third-order valence-corrected chi connectivity index (χ3v) is 0.949. The molecule has 0 fully saturated rings. The molecule has 0 saturated carbocycles. The van der Waals surface area contributed by atoms with Crippen LogP contribution in [0.5, 0.6) is 0 Å². The predicted molar refractivity (Wildman–Crippen MR) is 31.7 cm³/mol. The lowest BCUT2D eigenvalue weighted by molar-refractivity contribution is -0.141. The molecule has 0 aromatic carbocycles. The normalized spacial score (nSPS) is 12.7. The van der Waals surface area contributed by atoms with Crippen molar-refractivity contribution >= 4 is 5.97 Å². The smallest absolute Gasteiger partial charge is 0.306 e. The Kier molecular flexibility index (Phi) is 2.91. The summed E-state index contributed by atoms with van der Waals surface area (Å²) < 4.78 is 11.9. The minimum absolute atomic E-state index is 0.0880. The van der Waals surface area contributed by atoms with Crippen molar-refractivity contribution in [2.24, 2.45) is 5.92 Å². The Hall–Kier alpha value is -0.860. The zero-order valence-electron chi connectivity index (χ0n) is 5.22. The minimum Gasteiger partial charge on any atom is -0.481 e. The van der Waals surface area contributed by atoms with Gasteiger partial charge < -0.3 is 5.11 Å². The van der Waals surface area contributed by atoms with Gasteiger partial charge in [-0.2, -0.15) is 0 Å². The van der Waals surface area contributed by atoms with Crippen molar-refractivity contribution in [1.82, 2.24) is 0 Å². The number of halogens is 1. The summed E-state index contributed by atoms with van der Waals surface area (Å²) in [6.07, 6.45) is -0.0880. The lowest BCUT2D eigenvalue weighted by Crippen LogP contribution is -2.08. The molecule has 0 aliphatic heterocycles. The first-order chi connectivity index (χ1) is 4.04. The number of hydrogen-bond donors (Lipinski definition) is 1. The van der Waals surface area contributed by atoms with E-state index in [1.807, 2.05) is 0 Å². The number of carboxylic acid groups (broad SMARTS) is 1. The van der Waals surface area contributed by atoms with E-state index >= 15 is 0 Å². The summed E-state index contributed by atoms with van der Waals surface area (Å²) in [4.78, 5) is 10.0. The molecule has 3 heteroatoms. The Morgan fingerprint density at radius 1 is 1.89 bits per heavy atom. The van der Waals surface area contributed by atoms with Crippen LogP contribution in [-0.2, 0) is 4.79 Å². The van der Waals surface area contributed by atoms with Crippen molar-refractivity contribution in [3.63, 3.8) is 0 Å². The summed E-state index contributed by atoms with van der Waals surface area (Å²) in [5.41, 5.74) is 0. The molecule has 0 saturated heterocycles. The Bertz CT molecular complexity index is 131. The first kappa shape index (κ1) is 8.14. The number of carboxylic acids is 1. The number of rotatable bonds is 3. The highest BCUT2D eigenvalue weighted by molar-refractivity contribution is 5.69. The fraction of sp³-hybridized carbons (Fsp3) is 0.500. The molecule has 2 nitrogen and oxygen atoms in total. The van der Waals surface area contributed by atoms with E-state index in [0.29, 0.717) is 0 Å². The summed E-state index contributed by atoms with van der Waals surface area (Å²) in [6, 6.07) is 0. The molecule has 0 aliphatic carbocycles. The van der Waals surface area contributed by atoms with Gasteiger partial charge in [0.2, 0.25) is 0 Å². The fourth-order valence-electron chi connectivity index (χ4n) is 0.420. The van der Waals surface area contributed by atoms with Gasteiger partial charge in [-0.15, -0.1) is 0 Å². The van der Waals surface area contributed by atoms with E-state index in [4.69, 9.17) is 5.11 Å². The van der Waals surface area contributed by atoms with Crippen LogP contribution in [0.25, 0.3) is 0 Å². The van der Waals surface area contributed by atoms with Crippen LogP contribution in [0.15, 0.2) is 12.4 Å². The van der Waals surface area contributed by atoms with Gasteiger partial charge in [-0.3, -0.25) is 4.79 Å². The number of hydrogen-bond acceptors (Lipinski definition) is 1. The van der Waals surface area contributed by atoms with Gasteiger partial charge in [-0.05, 0) is 0 Å². The highest BCUT2D eigenvalue weighted by atomic mass is 19.1. The molecule has 0 radical (unpaired) electrons. The van der Waals surface area contributed by atoms with Crippen LogP contribution in [0, 0.1) is 5.92 Å².